The third-order valence-electron chi connectivity index (χ3n) is 2.59. The number of nitrogens with zero attached hydrogens (tertiary/aromatic N) is 3. The van der Waals surface area contributed by atoms with Crippen molar-refractivity contribution in [3.05, 3.63) is 47.0 Å². The Kier molecular flexibility index (Phi) is 4.22. The summed E-state index contributed by atoms with van der Waals surface area (Å²) in [7, 11) is 0. The molecule has 0 unspecified atom stereocenters. The van der Waals surface area contributed by atoms with E-state index < -0.39 is 0 Å². The summed E-state index contributed by atoms with van der Waals surface area (Å²) in [4.78, 5) is 4.61. The van der Waals surface area contributed by atoms with Crippen LogP contribution in [-0.4, -0.2) is 20.3 Å². The molecule has 0 amide bonds. The van der Waals surface area contributed by atoms with Gasteiger partial charge in [0, 0.05) is 18.3 Å². The van der Waals surface area contributed by atoms with Crippen LogP contribution in [0.25, 0.3) is 0 Å². The van der Waals surface area contributed by atoms with Crippen LogP contribution in [0.3, 0.4) is 0 Å². The van der Waals surface area contributed by atoms with Crippen LogP contribution in [0.4, 0.5) is 0 Å². The van der Waals surface area contributed by atoms with Crippen molar-refractivity contribution in [1.29, 1.82) is 0 Å². The highest BCUT2D eigenvalue weighted by molar-refractivity contribution is 6.30. The predicted octanol–water partition coefficient (Wildman–Crippen LogP) is 2.87. The van der Waals surface area contributed by atoms with E-state index in [9.17, 15) is 0 Å². The minimum absolute atomic E-state index is 0.0905. The largest absolute Gasteiger partial charge is 0.306 e. The molecule has 0 bridgehead atoms. The number of nitrogens with one attached hydrogen (secondary N) is 1. The fourth-order valence-electron chi connectivity index (χ4n) is 1.66. The monoisotopic (exact) mass is 278 g/mol. The van der Waals surface area contributed by atoms with Crippen LogP contribution < -0.4 is 5.32 Å². The lowest BCUT2D eigenvalue weighted by atomic mass is 10.1. The summed E-state index contributed by atoms with van der Waals surface area (Å²) < 4.78 is 1.78. The van der Waals surface area contributed by atoms with Crippen molar-refractivity contribution in [2.45, 2.75) is 39.4 Å². The highest BCUT2D eigenvalue weighted by Crippen LogP contribution is 2.08. The number of halogens is 1. The zero-order valence-electron chi connectivity index (χ0n) is 11.5. The first-order valence-electron chi connectivity index (χ1n) is 6.30. The minimum Gasteiger partial charge on any atom is -0.306 e. The molecule has 19 heavy (non-hydrogen) atoms. The van der Waals surface area contributed by atoms with Crippen molar-refractivity contribution in [2.24, 2.45) is 0 Å². The molecule has 0 aliphatic rings. The van der Waals surface area contributed by atoms with Gasteiger partial charge in [0.25, 0.3) is 0 Å². The van der Waals surface area contributed by atoms with Crippen LogP contribution in [0.5, 0.6) is 0 Å². The normalized spacial score (nSPS) is 11.8. The maximum absolute atomic E-state index is 5.84. The Morgan fingerprint density at radius 3 is 2.63 bits per heavy atom. The molecule has 0 radical (unpaired) electrons. The van der Waals surface area contributed by atoms with E-state index in [0.717, 1.165) is 17.9 Å². The Hall–Kier alpha value is -1.39. The average Bonchev–Trinajstić information content (AvgIpc) is 2.72. The predicted molar refractivity (Wildman–Crippen MR) is 77.2 cm³/mol. The van der Waals surface area contributed by atoms with Gasteiger partial charge in [0.05, 0.1) is 29.2 Å². The summed E-state index contributed by atoms with van der Waals surface area (Å²) in [5, 5.41) is 8.23. The number of rotatable bonds is 4. The second kappa shape index (κ2) is 5.72. The Morgan fingerprint density at radius 2 is 2.00 bits per heavy atom. The molecular formula is C14H19ClN4. The van der Waals surface area contributed by atoms with Crippen molar-refractivity contribution in [1.82, 2.24) is 20.1 Å². The second-order valence-electron chi connectivity index (χ2n) is 5.58. The maximum atomic E-state index is 5.84. The van der Waals surface area contributed by atoms with E-state index in [2.05, 4.69) is 36.2 Å². The lowest BCUT2D eigenvalue weighted by Gasteiger charge is -2.20. The molecule has 2 aromatic rings. The van der Waals surface area contributed by atoms with Gasteiger partial charge >= 0.3 is 0 Å². The number of hydrogen-bond acceptors (Lipinski definition) is 3. The first kappa shape index (κ1) is 14.0. The van der Waals surface area contributed by atoms with E-state index in [1.165, 1.54) is 0 Å². The van der Waals surface area contributed by atoms with E-state index in [-0.39, 0.29) is 5.54 Å². The van der Waals surface area contributed by atoms with Crippen molar-refractivity contribution in [3.63, 3.8) is 0 Å². The molecule has 0 aliphatic heterocycles. The number of aromatic nitrogens is 3. The zero-order valence-corrected chi connectivity index (χ0v) is 12.3. The maximum Gasteiger partial charge on any atom is 0.0832 e. The Balaban J connectivity index is 2.02. The molecule has 0 aromatic carbocycles. The van der Waals surface area contributed by atoms with Gasteiger partial charge in [0.15, 0.2) is 0 Å². The Labute approximate surface area is 118 Å². The van der Waals surface area contributed by atoms with Gasteiger partial charge in [-0.3, -0.25) is 9.67 Å². The fraction of sp³-hybridized carbons (Fsp3) is 0.429. The molecule has 4 nitrogen and oxygen atoms in total. The van der Waals surface area contributed by atoms with Gasteiger partial charge in [-0.1, -0.05) is 17.7 Å². The molecule has 2 heterocycles. The smallest absolute Gasteiger partial charge is 0.0832 e. The van der Waals surface area contributed by atoms with Gasteiger partial charge in [-0.25, -0.2) is 0 Å². The average molecular weight is 279 g/mol. The Morgan fingerprint density at radius 1 is 1.26 bits per heavy atom. The lowest BCUT2D eigenvalue weighted by molar-refractivity contribution is 0.421. The van der Waals surface area contributed by atoms with Gasteiger partial charge < -0.3 is 5.32 Å². The zero-order chi connectivity index (χ0) is 13.9. The van der Waals surface area contributed by atoms with Crippen LogP contribution in [0, 0.1) is 0 Å². The highest BCUT2D eigenvalue weighted by atomic mass is 35.5. The summed E-state index contributed by atoms with van der Waals surface area (Å²) in [5.41, 5.74) is 2.10. The quantitative estimate of drug-likeness (QED) is 0.935. The molecule has 5 heteroatoms. The first-order valence-corrected chi connectivity index (χ1v) is 6.68. The van der Waals surface area contributed by atoms with Crippen LogP contribution in [-0.2, 0) is 13.1 Å². The summed E-state index contributed by atoms with van der Waals surface area (Å²) >= 11 is 5.84. The van der Waals surface area contributed by atoms with Crippen LogP contribution in [0.15, 0.2) is 30.6 Å². The summed E-state index contributed by atoms with van der Waals surface area (Å²) in [6, 6.07) is 6.04. The van der Waals surface area contributed by atoms with Gasteiger partial charge in [-0.15, -0.1) is 0 Å². The molecule has 0 atom stereocenters. The first-order chi connectivity index (χ1) is 8.92. The third kappa shape index (κ3) is 4.65. The summed E-state index contributed by atoms with van der Waals surface area (Å²) in [6.45, 7) is 7.82. The molecule has 0 spiro atoms. The van der Waals surface area contributed by atoms with Gasteiger partial charge in [-0.05, 0) is 32.9 Å². The SMILES string of the molecule is CC(C)(C)NCc1cccc(Cn2cc(Cl)cn2)n1. The molecule has 0 saturated carbocycles. The van der Waals surface area contributed by atoms with Crippen LogP contribution in [0.1, 0.15) is 32.2 Å². The highest BCUT2D eigenvalue weighted by Gasteiger charge is 2.09. The number of hydrogen-bond donors (Lipinski definition) is 1. The minimum atomic E-state index is 0.0905. The molecule has 0 saturated heterocycles. The standard InChI is InChI=1S/C14H19ClN4/c1-14(2,3)16-8-12-5-4-6-13(18-12)10-19-9-11(15)7-17-19/h4-7,9,16H,8,10H2,1-3H3. The van der Waals surface area contributed by atoms with Gasteiger partial charge in [0.2, 0.25) is 0 Å². The summed E-state index contributed by atoms with van der Waals surface area (Å²) in [6.07, 6.45) is 3.43. The molecule has 0 aliphatic carbocycles. The molecule has 2 aromatic heterocycles. The third-order valence-corrected chi connectivity index (χ3v) is 2.79. The van der Waals surface area contributed by atoms with Crippen LogP contribution in [0.2, 0.25) is 5.02 Å². The van der Waals surface area contributed by atoms with Crippen molar-refractivity contribution in [2.75, 3.05) is 0 Å². The molecule has 102 valence electrons. The fourth-order valence-corrected chi connectivity index (χ4v) is 1.82. The molecular weight excluding hydrogens is 260 g/mol. The van der Waals surface area contributed by atoms with Gasteiger partial charge in [0.1, 0.15) is 0 Å². The summed E-state index contributed by atoms with van der Waals surface area (Å²) in [5.74, 6) is 0. The van der Waals surface area contributed by atoms with Crippen molar-refractivity contribution < 1.29 is 0 Å². The van der Waals surface area contributed by atoms with Gasteiger partial charge in [-0.2, -0.15) is 5.10 Å². The molecule has 0 fully saturated rings. The van der Waals surface area contributed by atoms with E-state index in [1.807, 2.05) is 18.2 Å². The van der Waals surface area contributed by atoms with Crippen molar-refractivity contribution in [3.8, 4) is 0 Å². The molecule has 2 rings (SSSR count). The Bertz CT molecular complexity index is 542. The van der Waals surface area contributed by atoms with E-state index >= 15 is 0 Å². The number of pyridine rings is 1. The second-order valence-corrected chi connectivity index (χ2v) is 6.02. The van der Waals surface area contributed by atoms with Crippen molar-refractivity contribution >= 4 is 11.6 Å². The van der Waals surface area contributed by atoms with E-state index in [0.29, 0.717) is 11.6 Å². The molecule has 1 N–H and O–H groups in total. The van der Waals surface area contributed by atoms with E-state index in [1.54, 1.807) is 17.1 Å². The van der Waals surface area contributed by atoms with Crippen LogP contribution >= 0.6 is 11.6 Å². The topological polar surface area (TPSA) is 42.7 Å². The van der Waals surface area contributed by atoms with E-state index in [4.69, 9.17) is 11.6 Å². The lowest BCUT2D eigenvalue weighted by Crippen LogP contribution is -2.35.